The van der Waals surface area contributed by atoms with E-state index in [4.69, 9.17) is 4.74 Å². The predicted molar refractivity (Wildman–Crippen MR) is 80.1 cm³/mol. The Morgan fingerprint density at radius 3 is 2.76 bits per heavy atom. The monoisotopic (exact) mass is 282 g/mol. The fraction of sp³-hybridized carbons (Fsp3) is 0.294. The average molecular weight is 282 g/mol. The molecule has 1 aromatic carbocycles. The number of carbonyl (C=O) groups is 1. The first-order valence-electron chi connectivity index (χ1n) is 7.25. The van der Waals surface area contributed by atoms with Crippen LogP contribution in [0.3, 0.4) is 0 Å². The SMILES string of the molecule is O=C1c2ccccc2CN1CCCCOc1ccccn1. The molecule has 0 saturated carbocycles. The van der Waals surface area contributed by atoms with Gasteiger partial charge in [-0.25, -0.2) is 4.98 Å². The van der Waals surface area contributed by atoms with Gasteiger partial charge in [-0.3, -0.25) is 4.79 Å². The van der Waals surface area contributed by atoms with Crippen LogP contribution in [0, 0.1) is 0 Å². The van der Waals surface area contributed by atoms with Crippen LogP contribution in [0.5, 0.6) is 5.88 Å². The fourth-order valence-corrected chi connectivity index (χ4v) is 2.51. The van der Waals surface area contributed by atoms with Crippen LogP contribution in [-0.2, 0) is 6.54 Å². The molecule has 1 aliphatic rings. The molecule has 4 nitrogen and oxygen atoms in total. The minimum Gasteiger partial charge on any atom is -0.478 e. The van der Waals surface area contributed by atoms with E-state index in [1.54, 1.807) is 6.20 Å². The molecule has 0 aliphatic carbocycles. The Morgan fingerprint density at radius 2 is 1.95 bits per heavy atom. The molecule has 0 saturated heterocycles. The van der Waals surface area contributed by atoms with Crippen molar-refractivity contribution in [2.75, 3.05) is 13.2 Å². The van der Waals surface area contributed by atoms with Crippen molar-refractivity contribution in [3.63, 3.8) is 0 Å². The highest BCUT2D eigenvalue weighted by atomic mass is 16.5. The minimum absolute atomic E-state index is 0.149. The van der Waals surface area contributed by atoms with Crippen LogP contribution in [0.1, 0.15) is 28.8 Å². The van der Waals surface area contributed by atoms with Crippen LogP contribution in [0.4, 0.5) is 0 Å². The molecule has 4 heteroatoms. The normalized spacial score (nSPS) is 13.3. The maximum atomic E-state index is 12.2. The number of pyridine rings is 1. The number of carbonyl (C=O) groups excluding carboxylic acids is 1. The average Bonchev–Trinajstić information content (AvgIpc) is 2.85. The lowest BCUT2D eigenvalue weighted by Crippen LogP contribution is -2.25. The first-order chi connectivity index (χ1) is 10.3. The summed E-state index contributed by atoms with van der Waals surface area (Å²) in [6.45, 7) is 2.14. The standard InChI is InChI=1S/C17H18N2O2/c20-17-15-8-2-1-7-14(15)13-19(17)11-5-6-12-21-16-9-3-4-10-18-16/h1-4,7-10H,5-6,11-13H2. The molecule has 2 aromatic rings. The van der Waals surface area contributed by atoms with Gasteiger partial charge in [0.05, 0.1) is 6.61 Å². The van der Waals surface area contributed by atoms with Crippen molar-refractivity contribution >= 4 is 5.91 Å². The Hall–Kier alpha value is -2.36. The van der Waals surface area contributed by atoms with Gasteiger partial charge in [-0.1, -0.05) is 24.3 Å². The maximum absolute atomic E-state index is 12.2. The van der Waals surface area contributed by atoms with Crippen LogP contribution >= 0.6 is 0 Å². The second-order valence-corrected chi connectivity index (χ2v) is 5.11. The summed E-state index contributed by atoms with van der Waals surface area (Å²) in [5.41, 5.74) is 1.98. The number of benzene rings is 1. The van der Waals surface area contributed by atoms with Crippen molar-refractivity contribution in [3.8, 4) is 5.88 Å². The Balaban J connectivity index is 1.40. The molecule has 0 atom stereocenters. The van der Waals surface area contributed by atoms with Gasteiger partial charge in [0.2, 0.25) is 5.88 Å². The number of fused-ring (bicyclic) bond motifs is 1. The number of rotatable bonds is 6. The van der Waals surface area contributed by atoms with E-state index in [9.17, 15) is 4.79 Å². The molecule has 0 N–H and O–H groups in total. The van der Waals surface area contributed by atoms with Crippen molar-refractivity contribution in [1.82, 2.24) is 9.88 Å². The molecule has 21 heavy (non-hydrogen) atoms. The molecule has 1 aliphatic heterocycles. The third kappa shape index (κ3) is 3.21. The third-order valence-corrected chi connectivity index (χ3v) is 3.61. The summed E-state index contributed by atoms with van der Waals surface area (Å²) in [6, 6.07) is 13.4. The summed E-state index contributed by atoms with van der Waals surface area (Å²) in [7, 11) is 0. The van der Waals surface area contributed by atoms with Gasteiger partial charge < -0.3 is 9.64 Å². The number of hydrogen-bond acceptors (Lipinski definition) is 3. The lowest BCUT2D eigenvalue weighted by atomic mass is 10.1. The van der Waals surface area contributed by atoms with E-state index in [1.807, 2.05) is 47.4 Å². The van der Waals surface area contributed by atoms with E-state index in [0.29, 0.717) is 12.5 Å². The summed E-state index contributed by atoms with van der Waals surface area (Å²) < 4.78 is 5.54. The number of aromatic nitrogens is 1. The summed E-state index contributed by atoms with van der Waals surface area (Å²) in [5, 5.41) is 0. The van der Waals surface area contributed by atoms with E-state index in [-0.39, 0.29) is 5.91 Å². The highest BCUT2D eigenvalue weighted by molar-refractivity contribution is 5.98. The molecule has 2 heterocycles. The lowest BCUT2D eigenvalue weighted by molar-refractivity contribution is 0.0773. The minimum atomic E-state index is 0.149. The van der Waals surface area contributed by atoms with E-state index >= 15 is 0 Å². The fourth-order valence-electron chi connectivity index (χ4n) is 2.51. The van der Waals surface area contributed by atoms with Gasteiger partial charge in [0, 0.05) is 30.9 Å². The Kier molecular flexibility index (Phi) is 4.15. The van der Waals surface area contributed by atoms with Crippen molar-refractivity contribution in [2.24, 2.45) is 0 Å². The highest BCUT2D eigenvalue weighted by Crippen LogP contribution is 2.22. The topological polar surface area (TPSA) is 42.4 Å². The number of amides is 1. The quantitative estimate of drug-likeness (QED) is 0.765. The van der Waals surface area contributed by atoms with E-state index in [1.165, 1.54) is 0 Å². The number of unbranched alkanes of at least 4 members (excludes halogenated alkanes) is 1. The van der Waals surface area contributed by atoms with Crippen LogP contribution in [0.25, 0.3) is 0 Å². The van der Waals surface area contributed by atoms with Gasteiger partial charge in [-0.15, -0.1) is 0 Å². The second kappa shape index (κ2) is 6.39. The van der Waals surface area contributed by atoms with Gasteiger partial charge in [0.1, 0.15) is 0 Å². The molecule has 1 amide bonds. The van der Waals surface area contributed by atoms with Gasteiger partial charge in [0.25, 0.3) is 5.91 Å². The van der Waals surface area contributed by atoms with Crippen molar-refractivity contribution < 1.29 is 9.53 Å². The van der Waals surface area contributed by atoms with Gasteiger partial charge >= 0.3 is 0 Å². The maximum Gasteiger partial charge on any atom is 0.254 e. The van der Waals surface area contributed by atoms with Crippen molar-refractivity contribution in [2.45, 2.75) is 19.4 Å². The molecule has 108 valence electrons. The van der Waals surface area contributed by atoms with E-state index < -0.39 is 0 Å². The first-order valence-corrected chi connectivity index (χ1v) is 7.25. The third-order valence-electron chi connectivity index (χ3n) is 3.61. The van der Waals surface area contributed by atoms with Gasteiger partial charge in [-0.05, 0) is 30.5 Å². The summed E-state index contributed by atoms with van der Waals surface area (Å²) in [4.78, 5) is 18.2. The molecule has 0 radical (unpaired) electrons. The first kappa shape index (κ1) is 13.6. The zero-order valence-corrected chi connectivity index (χ0v) is 11.9. The molecular weight excluding hydrogens is 264 g/mol. The molecule has 0 unspecified atom stereocenters. The van der Waals surface area contributed by atoms with Crippen LogP contribution < -0.4 is 4.74 Å². The van der Waals surface area contributed by atoms with Gasteiger partial charge in [0.15, 0.2) is 0 Å². The Morgan fingerprint density at radius 1 is 1.10 bits per heavy atom. The lowest BCUT2D eigenvalue weighted by Gasteiger charge is -2.15. The zero-order chi connectivity index (χ0) is 14.5. The smallest absolute Gasteiger partial charge is 0.254 e. The largest absolute Gasteiger partial charge is 0.478 e. The highest BCUT2D eigenvalue weighted by Gasteiger charge is 2.25. The summed E-state index contributed by atoms with van der Waals surface area (Å²) in [5.74, 6) is 0.804. The van der Waals surface area contributed by atoms with Gasteiger partial charge in [-0.2, -0.15) is 0 Å². The van der Waals surface area contributed by atoms with Crippen LogP contribution in [0.15, 0.2) is 48.7 Å². The van der Waals surface area contributed by atoms with Crippen LogP contribution in [-0.4, -0.2) is 28.9 Å². The Bertz CT molecular complexity index is 613. The van der Waals surface area contributed by atoms with Crippen LogP contribution in [0.2, 0.25) is 0 Å². The molecule has 0 spiro atoms. The molecule has 3 rings (SSSR count). The number of nitrogens with zero attached hydrogens (tertiary/aromatic N) is 2. The number of hydrogen-bond donors (Lipinski definition) is 0. The molecule has 0 bridgehead atoms. The number of ether oxygens (including phenoxy) is 1. The summed E-state index contributed by atoms with van der Waals surface area (Å²) in [6.07, 6.45) is 3.57. The zero-order valence-electron chi connectivity index (χ0n) is 11.9. The molecular formula is C17H18N2O2. The molecule has 0 fully saturated rings. The molecule has 1 aromatic heterocycles. The van der Waals surface area contributed by atoms with E-state index in [2.05, 4.69) is 4.98 Å². The summed E-state index contributed by atoms with van der Waals surface area (Å²) >= 11 is 0. The predicted octanol–water partition coefficient (Wildman–Crippen LogP) is 2.90. The second-order valence-electron chi connectivity index (χ2n) is 5.11. The van der Waals surface area contributed by atoms with Crippen molar-refractivity contribution in [1.29, 1.82) is 0 Å². The van der Waals surface area contributed by atoms with E-state index in [0.717, 1.165) is 37.1 Å². The Labute approximate surface area is 124 Å². The van der Waals surface area contributed by atoms with Crippen molar-refractivity contribution in [3.05, 3.63) is 59.8 Å².